The minimum absolute atomic E-state index is 0.166. The Morgan fingerprint density at radius 2 is 1.76 bits per heavy atom. The fourth-order valence-electron chi connectivity index (χ4n) is 3.51. The number of aliphatic hydroxyl groups excluding tert-OH is 1. The molecule has 1 atom stereocenters. The van der Waals surface area contributed by atoms with Crippen molar-refractivity contribution in [1.82, 2.24) is 14.7 Å². The number of hydrogen-bond donors (Lipinski definition) is 1. The molecule has 0 saturated carbocycles. The Morgan fingerprint density at radius 3 is 2.10 bits per heavy atom. The van der Waals surface area contributed by atoms with E-state index in [4.69, 9.17) is 0 Å². The molecule has 0 radical (unpaired) electrons. The number of halogens is 1. The van der Waals surface area contributed by atoms with Gasteiger partial charge < -0.3 is 5.11 Å². The van der Waals surface area contributed by atoms with Crippen molar-refractivity contribution >= 4 is 15.9 Å². The maximum absolute atomic E-state index is 11.0. The summed E-state index contributed by atoms with van der Waals surface area (Å²) in [5.74, 6) is 0. The van der Waals surface area contributed by atoms with E-state index >= 15 is 0 Å². The van der Waals surface area contributed by atoms with Crippen LogP contribution in [0.5, 0.6) is 0 Å². The molecule has 0 saturated heterocycles. The SMILES string of the molecule is CCN(CC)C(CC)(CC)C(O)Cc1c(Br)c(C)nn1C. The van der Waals surface area contributed by atoms with Crippen LogP contribution >= 0.6 is 15.9 Å². The lowest BCUT2D eigenvalue weighted by Gasteiger charge is -2.46. The highest BCUT2D eigenvalue weighted by atomic mass is 79.9. The third-order valence-electron chi connectivity index (χ3n) is 4.89. The monoisotopic (exact) mass is 359 g/mol. The molecule has 1 heterocycles. The summed E-state index contributed by atoms with van der Waals surface area (Å²) in [6.45, 7) is 12.6. The van der Waals surface area contributed by atoms with Crippen molar-refractivity contribution in [3.63, 3.8) is 0 Å². The van der Waals surface area contributed by atoms with Crippen LogP contribution in [0.1, 0.15) is 51.9 Å². The Balaban J connectivity index is 3.09. The lowest BCUT2D eigenvalue weighted by molar-refractivity contribution is -0.0349. The molecule has 1 aromatic heterocycles. The Morgan fingerprint density at radius 1 is 1.24 bits per heavy atom. The topological polar surface area (TPSA) is 41.3 Å². The molecule has 0 aliphatic heterocycles. The largest absolute Gasteiger partial charge is 0.391 e. The number of aromatic nitrogens is 2. The number of nitrogens with zero attached hydrogens (tertiary/aromatic N) is 3. The first kappa shape index (κ1) is 18.7. The van der Waals surface area contributed by atoms with E-state index in [0.29, 0.717) is 6.42 Å². The maximum atomic E-state index is 11.0. The summed E-state index contributed by atoms with van der Waals surface area (Å²) < 4.78 is 2.89. The standard InChI is InChI=1S/C16H30BrN3O/c1-7-16(8-2,20(9-3)10-4)14(21)11-13-15(17)12(5)18-19(13)6/h14,21H,7-11H2,1-6H3. The summed E-state index contributed by atoms with van der Waals surface area (Å²) in [6.07, 6.45) is 2.11. The first-order valence-electron chi connectivity index (χ1n) is 7.98. The highest BCUT2D eigenvalue weighted by Crippen LogP contribution is 2.32. The number of aryl methyl sites for hydroxylation is 2. The van der Waals surface area contributed by atoms with Gasteiger partial charge in [-0.2, -0.15) is 5.10 Å². The van der Waals surface area contributed by atoms with E-state index in [-0.39, 0.29) is 5.54 Å². The smallest absolute Gasteiger partial charge is 0.0779 e. The molecule has 122 valence electrons. The number of hydrogen-bond acceptors (Lipinski definition) is 3. The van der Waals surface area contributed by atoms with Crippen LogP contribution in [0, 0.1) is 6.92 Å². The van der Waals surface area contributed by atoms with Gasteiger partial charge in [0.05, 0.1) is 22.0 Å². The summed E-state index contributed by atoms with van der Waals surface area (Å²) in [4.78, 5) is 2.40. The van der Waals surface area contributed by atoms with Crippen LogP contribution in [0.15, 0.2) is 4.47 Å². The summed E-state index contributed by atoms with van der Waals surface area (Å²) in [7, 11) is 1.94. The second-order valence-corrected chi connectivity index (χ2v) is 6.47. The summed E-state index contributed by atoms with van der Waals surface area (Å²) in [6, 6.07) is 0. The molecule has 1 rings (SSSR count). The molecular formula is C16H30BrN3O. The van der Waals surface area contributed by atoms with E-state index in [1.54, 1.807) is 0 Å². The molecule has 1 N–H and O–H groups in total. The van der Waals surface area contributed by atoms with Gasteiger partial charge in [0.1, 0.15) is 0 Å². The fourth-order valence-corrected chi connectivity index (χ4v) is 4.01. The molecule has 0 spiro atoms. The van der Waals surface area contributed by atoms with Crippen molar-refractivity contribution < 1.29 is 5.11 Å². The molecule has 0 fully saturated rings. The van der Waals surface area contributed by atoms with E-state index in [0.717, 1.165) is 41.8 Å². The molecule has 0 aromatic carbocycles. The Bertz CT molecular complexity index is 451. The van der Waals surface area contributed by atoms with Gasteiger partial charge >= 0.3 is 0 Å². The van der Waals surface area contributed by atoms with Gasteiger partial charge in [0.25, 0.3) is 0 Å². The Kier molecular flexibility index (Phi) is 6.88. The minimum atomic E-state index is -0.404. The van der Waals surface area contributed by atoms with Crippen LogP contribution in [0.3, 0.4) is 0 Å². The Hall–Kier alpha value is -0.390. The van der Waals surface area contributed by atoms with E-state index in [1.165, 1.54) is 0 Å². The van der Waals surface area contributed by atoms with Crippen molar-refractivity contribution in [3.8, 4) is 0 Å². The van der Waals surface area contributed by atoms with Crippen LogP contribution in [0.2, 0.25) is 0 Å². The fraction of sp³-hybridized carbons (Fsp3) is 0.812. The van der Waals surface area contributed by atoms with Gasteiger partial charge in [0.2, 0.25) is 0 Å². The normalized spacial score (nSPS) is 14.0. The van der Waals surface area contributed by atoms with Gasteiger partial charge in [-0.25, -0.2) is 0 Å². The number of rotatable bonds is 8. The van der Waals surface area contributed by atoms with Gasteiger partial charge in [-0.1, -0.05) is 27.7 Å². The first-order chi connectivity index (χ1) is 9.87. The van der Waals surface area contributed by atoms with Crippen molar-refractivity contribution in [1.29, 1.82) is 0 Å². The average molecular weight is 360 g/mol. The average Bonchev–Trinajstić information content (AvgIpc) is 2.71. The zero-order chi connectivity index (χ0) is 16.2. The molecule has 0 bridgehead atoms. The molecule has 0 aliphatic rings. The maximum Gasteiger partial charge on any atom is 0.0779 e. The number of likely N-dealkylation sites (N-methyl/N-ethyl adjacent to an activating group) is 1. The minimum Gasteiger partial charge on any atom is -0.391 e. The quantitative estimate of drug-likeness (QED) is 0.774. The summed E-state index contributed by atoms with van der Waals surface area (Å²) in [5, 5.41) is 15.4. The zero-order valence-electron chi connectivity index (χ0n) is 14.3. The third kappa shape index (κ3) is 3.51. The van der Waals surface area contributed by atoms with Crippen molar-refractivity contribution in [3.05, 3.63) is 15.9 Å². The van der Waals surface area contributed by atoms with Crippen LogP contribution in [-0.2, 0) is 13.5 Å². The van der Waals surface area contributed by atoms with E-state index in [9.17, 15) is 5.11 Å². The second-order valence-electron chi connectivity index (χ2n) is 5.67. The molecule has 4 nitrogen and oxygen atoms in total. The lowest BCUT2D eigenvalue weighted by atomic mass is 9.82. The predicted octanol–water partition coefficient (Wildman–Crippen LogP) is 3.30. The summed E-state index contributed by atoms with van der Waals surface area (Å²) in [5.41, 5.74) is 1.88. The van der Waals surface area contributed by atoms with Gasteiger partial charge in [0, 0.05) is 19.0 Å². The number of aliphatic hydroxyl groups is 1. The molecule has 0 aliphatic carbocycles. The van der Waals surface area contributed by atoms with E-state index in [1.807, 2.05) is 18.7 Å². The van der Waals surface area contributed by atoms with Gasteiger partial charge in [-0.3, -0.25) is 9.58 Å². The summed E-state index contributed by atoms with van der Waals surface area (Å²) >= 11 is 3.60. The van der Waals surface area contributed by atoms with Crippen molar-refractivity contribution in [2.75, 3.05) is 13.1 Å². The molecular weight excluding hydrogens is 330 g/mol. The zero-order valence-corrected chi connectivity index (χ0v) is 15.9. The highest BCUT2D eigenvalue weighted by Gasteiger charge is 2.39. The second kappa shape index (κ2) is 7.75. The van der Waals surface area contributed by atoms with Crippen LogP contribution in [-0.4, -0.2) is 44.5 Å². The molecule has 1 aromatic rings. The highest BCUT2D eigenvalue weighted by molar-refractivity contribution is 9.10. The van der Waals surface area contributed by atoms with Gasteiger partial charge in [0.15, 0.2) is 0 Å². The predicted molar refractivity (Wildman–Crippen MR) is 91.6 cm³/mol. The lowest BCUT2D eigenvalue weighted by Crippen LogP contribution is -2.56. The molecule has 1 unspecified atom stereocenters. The van der Waals surface area contributed by atoms with Gasteiger partial charge in [-0.05, 0) is 48.8 Å². The van der Waals surface area contributed by atoms with Gasteiger partial charge in [-0.15, -0.1) is 0 Å². The van der Waals surface area contributed by atoms with Crippen LogP contribution in [0.25, 0.3) is 0 Å². The van der Waals surface area contributed by atoms with E-state index in [2.05, 4.69) is 53.6 Å². The van der Waals surface area contributed by atoms with Crippen molar-refractivity contribution in [2.45, 2.75) is 65.5 Å². The molecule has 21 heavy (non-hydrogen) atoms. The molecule has 0 amide bonds. The first-order valence-corrected chi connectivity index (χ1v) is 8.78. The van der Waals surface area contributed by atoms with E-state index < -0.39 is 6.10 Å². The van der Waals surface area contributed by atoms with Crippen molar-refractivity contribution in [2.24, 2.45) is 7.05 Å². The van der Waals surface area contributed by atoms with Crippen LogP contribution < -0.4 is 0 Å². The molecule has 5 heteroatoms. The third-order valence-corrected chi connectivity index (χ3v) is 5.92. The Labute approximate surface area is 137 Å². The van der Waals surface area contributed by atoms with Crippen LogP contribution in [0.4, 0.5) is 0 Å².